The predicted molar refractivity (Wildman–Crippen MR) is 195 cm³/mol. The van der Waals surface area contributed by atoms with Gasteiger partial charge in [0.2, 0.25) is 11.8 Å². The number of amides is 3. The van der Waals surface area contributed by atoms with Crippen LogP contribution in [0.1, 0.15) is 31.9 Å². The summed E-state index contributed by atoms with van der Waals surface area (Å²) in [5.41, 5.74) is -0.317. The van der Waals surface area contributed by atoms with Gasteiger partial charge >= 0.3 is 0 Å². The van der Waals surface area contributed by atoms with Crippen molar-refractivity contribution < 1.29 is 24.2 Å². The van der Waals surface area contributed by atoms with Crippen molar-refractivity contribution in [3.63, 3.8) is 0 Å². The summed E-state index contributed by atoms with van der Waals surface area (Å²) in [6, 6.07) is 30.4. The van der Waals surface area contributed by atoms with Gasteiger partial charge in [-0.1, -0.05) is 97.9 Å². The molecule has 4 aromatic rings. The van der Waals surface area contributed by atoms with E-state index in [0.717, 1.165) is 10.8 Å². The maximum Gasteiger partial charge on any atom is 0.253 e. The lowest BCUT2D eigenvalue weighted by Gasteiger charge is -2.39. The van der Waals surface area contributed by atoms with Gasteiger partial charge in [0.05, 0.1) is 30.1 Å². The van der Waals surface area contributed by atoms with Crippen LogP contribution < -0.4 is 9.80 Å². The van der Waals surface area contributed by atoms with Crippen molar-refractivity contribution in [2.75, 3.05) is 29.5 Å². The Morgan fingerprint density at radius 3 is 2.12 bits per heavy atom. The Balaban J connectivity index is 1.39. The van der Waals surface area contributed by atoms with Crippen molar-refractivity contribution >= 4 is 39.9 Å². The lowest BCUT2D eigenvalue weighted by Crippen LogP contribution is -2.57. The third-order valence-electron chi connectivity index (χ3n) is 11.2. The standard InChI is InChI=1S/C42H43N3O5/c1-5-23-43(32-19-11-8-12-20-32)38(47)35-36-39(48)45(34(27-46)30-16-9-7-10-17-30)37(42(36)26-28(3)41(35,4)50-42)40(49)44(24-6-2)33-22-21-29-15-13-14-18-31(29)25-33/h5-22,25,28,34-37,46H,1-2,23-24,26-27H2,3-4H3/t28?,34-,35+,36+,37?,41-,42?/m1/s1. The summed E-state index contributed by atoms with van der Waals surface area (Å²) in [5, 5.41) is 13.0. The first-order chi connectivity index (χ1) is 24.2. The number of nitrogens with zero attached hydrogens (tertiary/aromatic N) is 3. The molecule has 2 bridgehead atoms. The van der Waals surface area contributed by atoms with Gasteiger partial charge < -0.3 is 24.5 Å². The second kappa shape index (κ2) is 13.0. The summed E-state index contributed by atoms with van der Waals surface area (Å²) in [5.74, 6) is -2.97. The van der Waals surface area contributed by atoms with Crippen LogP contribution in [0.2, 0.25) is 0 Å². The normalized spacial score (nSPS) is 27.2. The van der Waals surface area contributed by atoms with E-state index in [1.54, 1.807) is 22.0 Å². The number of rotatable bonds is 11. The molecule has 0 aromatic heterocycles. The third-order valence-corrected chi connectivity index (χ3v) is 11.2. The third kappa shape index (κ3) is 5.08. The summed E-state index contributed by atoms with van der Waals surface area (Å²) < 4.78 is 7.09. The quantitative estimate of drug-likeness (QED) is 0.189. The summed E-state index contributed by atoms with van der Waals surface area (Å²) in [6.07, 6.45) is 3.74. The van der Waals surface area contributed by atoms with Crippen LogP contribution in [0.25, 0.3) is 10.8 Å². The van der Waals surface area contributed by atoms with E-state index < -0.39 is 41.7 Å². The molecule has 3 aliphatic heterocycles. The van der Waals surface area contributed by atoms with E-state index in [9.17, 15) is 9.90 Å². The van der Waals surface area contributed by atoms with E-state index in [0.29, 0.717) is 23.4 Å². The Hall–Kier alpha value is -5.05. The zero-order valence-corrected chi connectivity index (χ0v) is 28.5. The number of fused-ring (bicyclic) bond motifs is 2. The van der Waals surface area contributed by atoms with Crippen LogP contribution in [-0.4, -0.2) is 64.7 Å². The highest BCUT2D eigenvalue weighted by Crippen LogP contribution is 2.66. The summed E-state index contributed by atoms with van der Waals surface area (Å²) in [4.78, 5) is 50.3. The molecule has 8 heteroatoms. The SMILES string of the molecule is C=CCN(C(=O)C1N([C@H](CO)c2ccccc2)C(=O)[C@@H]2[C@@H](C(=O)N(CC=C)c3ccccc3)[C@]3(C)OC12CC3C)c1ccc2ccccc2c1. The molecule has 7 atom stereocenters. The number of benzene rings is 4. The van der Waals surface area contributed by atoms with Crippen molar-refractivity contribution in [1.29, 1.82) is 0 Å². The summed E-state index contributed by atoms with van der Waals surface area (Å²) in [6.45, 7) is 11.8. The molecule has 256 valence electrons. The molecule has 0 radical (unpaired) electrons. The van der Waals surface area contributed by atoms with Gasteiger partial charge in [0.15, 0.2) is 0 Å². The largest absolute Gasteiger partial charge is 0.394 e. The van der Waals surface area contributed by atoms with Crippen molar-refractivity contribution in [2.24, 2.45) is 17.8 Å². The molecule has 0 aliphatic carbocycles. The number of carbonyl (C=O) groups excluding carboxylic acids is 3. The van der Waals surface area contributed by atoms with Gasteiger partial charge in [-0.15, -0.1) is 13.2 Å². The number of carbonyl (C=O) groups is 3. The van der Waals surface area contributed by atoms with E-state index in [4.69, 9.17) is 4.74 Å². The fourth-order valence-corrected chi connectivity index (χ4v) is 8.87. The van der Waals surface area contributed by atoms with Crippen molar-refractivity contribution in [2.45, 2.75) is 43.6 Å². The Kier molecular flexibility index (Phi) is 8.70. The fourth-order valence-electron chi connectivity index (χ4n) is 8.87. The summed E-state index contributed by atoms with van der Waals surface area (Å²) in [7, 11) is 0. The van der Waals surface area contributed by atoms with Crippen LogP contribution >= 0.6 is 0 Å². The van der Waals surface area contributed by atoms with Crippen molar-refractivity contribution in [3.8, 4) is 0 Å². The number of hydrogen-bond acceptors (Lipinski definition) is 5. The highest BCUT2D eigenvalue weighted by atomic mass is 16.5. The van der Waals surface area contributed by atoms with Crippen LogP contribution in [0.15, 0.2) is 128 Å². The van der Waals surface area contributed by atoms with Crippen LogP contribution in [0, 0.1) is 17.8 Å². The molecule has 3 saturated heterocycles. The Morgan fingerprint density at radius 1 is 0.880 bits per heavy atom. The van der Waals surface area contributed by atoms with Gasteiger partial charge in [0.1, 0.15) is 11.6 Å². The first-order valence-corrected chi connectivity index (χ1v) is 17.3. The number of ether oxygens (including phenoxy) is 1. The topological polar surface area (TPSA) is 90.4 Å². The monoisotopic (exact) mass is 669 g/mol. The minimum Gasteiger partial charge on any atom is -0.394 e. The molecule has 1 N–H and O–H groups in total. The van der Waals surface area contributed by atoms with Gasteiger partial charge in [0.25, 0.3) is 5.91 Å². The van der Waals surface area contributed by atoms with E-state index in [1.165, 1.54) is 4.90 Å². The summed E-state index contributed by atoms with van der Waals surface area (Å²) >= 11 is 0. The lowest BCUT2D eigenvalue weighted by atomic mass is 9.62. The molecule has 4 aromatic carbocycles. The molecule has 50 heavy (non-hydrogen) atoms. The molecule has 1 spiro atoms. The van der Waals surface area contributed by atoms with Crippen molar-refractivity contribution in [1.82, 2.24) is 4.90 Å². The van der Waals surface area contributed by atoms with Gasteiger partial charge in [0, 0.05) is 24.5 Å². The van der Waals surface area contributed by atoms with Gasteiger partial charge in [-0.25, -0.2) is 0 Å². The molecule has 3 heterocycles. The Morgan fingerprint density at radius 2 is 1.48 bits per heavy atom. The highest BCUT2D eigenvalue weighted by Gasteiger charge is 2.80. The molecule has 7 rings (SSSR count). The minimum absolute atomic E-state index is 0.157. The van der Waals surface area contributed by atoms with Crippen LogP contribution in [0.3, 0.4) is 0 Å². The maximum atomic E-state index is 15.4. The second-order valence-electron chi connectivity index (χ2n) is 13.9. The van der Waals surface area contributed by atoms with Crippen LogP contribution in [-0.2, 0) is 19.1 Å². The number of hydrogen-bond donors (Lipinski definition) is 1. The van der Waals surface area contributed by atoms with E-state index in [2.05, 4.69) is 13.2 Å². The van der Waals surface area contributed by atoms with E-state index >= 15 is 9.59 Å². The molecule has 3 amide bonds. The molecule has 3 fully saturated rings. The molecular formula is C42H43N3O5. The smallest absolute Gasteiger partial charge is 0.253 e. The average Bonchev–Trinajstić information content (AvgIpc) is 3.66. The average molecular weight is 670 g/mol. The Bertz CT molecular complexity index is 1950. The van der Waals surface area contributed by atoms with Gasteiger partial charge in [-0.05, 0) is 59.9 Å². The molecular weight excluding hydrogens is 626 g/mol. The second-order valence-corrected chi connectivity index (χ2v) is 13.9. The van der Waals surface area contributed by atoms with Crippen LogP contribution in [0.5, 0.6) is 0 Å². The van der Waals surface area contributed by atoms with Crippen molar-refractivity contribution in [3.05, 3.63) is 134 Å². The van der Waals surface area contributed by atoms with Crippen LogP contribution in [0.4, 0.5) is 11.4 Å². The number of para-hydroxylation sites is 1. The lowest BCUT2D eigenvalue weighted by molar-refractivity contribution is -0.149. The minimum atomic E-state index is -1.32. The molecule has 0 saturated carbocycles. The number of aliphatic hydroxyl groups excluding tert-OH is 1. The highest BCUT2D eigenvalue weighted by molar-refractivity contribution is 6.07. The maximum absolute atomic E-state index is 15.4. The predicted octanol–water partition coefficient (Wildman–Crippen LogP) is 6.32. The first-order valence-electron chi connectivity index (χ1n) is 17.3. The molecule has 3 aliphatic rings. The van der Waals surface area contributed by atoms with Gasteiger partial charge in [-0.2, -0.15) is 0 Å². The number of anilines is 2. The Labute approximate surface area is 293 Å². The number of likely N-dealkylation sites (tertiary alicyclic amines) is 1. The fraction of sp³-hybridized carbons (Fsp3) is 0.310. The molecule has 8 nitrogen and oxygen atoms in total. The zero-order valence-electron chi connectivity index (χ0n) is 28.5. The molecule has 3 unspecified atom stereocenters. The first kappa shape index (κ1) is 33.4. The van der Waals surface area contributed by atoms with Gasteiger partial charge in [-0.3, -0.25) is 14.4 Å². The van der Waals surface area contributed by atoms with E-state index in [1.807, 2.05) is 117 Å². The number of aliphatic hydroxyl groups is 1. The zero-order chi connectivity index (χ0) is 35.2. The van der Waals surface area contributed by atoms with E-state index in [-0.39, 0.29) is 36.7 Å².